The second-order valence-electron chi connectivity index (χ2n) is 3.59. The summed E-state index contributed by atoms with van der Waals surface area (Å²) in [5, 5.41) is 0. The van der Waals surface area contributed by atoms with E-state index in [0.29, 0.717) is 0 Å². The minimum absolute atomic E-state index is 0.156. The zero-order valence-electron chi connectivity index (χ0n) is 6.82. The smallest absolute Gasteiger partial charge is 0.0946 e. The normalized spacial score (nSPS) is 38.7. The molecular formula is C8H16O. The van der Waals surface area contributed by atoms with Crippen LogP contribution in [-0.2, 0) is 4.74 Å². The minimum atomic E-state index is 0.156. The summed E-state index contributed by atoms with van der Waals surface area (Å²) in [7, 11) is 0. The standard InChI is InChI=1S/C8H16O/c1-5-6-8(4)7(2,3)9-8/h5-6H2,1-4H3. The van der Waals surface area contributed by atoms with Gasteiger partial charge in [-0.25, -0.2) is 0 Å². The molecule has 0 aromatic rings. The van der Waals surface area contributed by atoms with Gasteiger partial charge >= 0.3 is 0 Å². The summed E-state index contributed by atoms with van der Waals surface area (Å²) in [5.74, 6) is 0. The molecule has 0 N–H and O–H groups in total. The topological polar surface area (TPSA) is 12.5 Å². The molecule has 1 heteroatoms. The molecule has 1 saturated heterocycles. The Balaban J connectivity index is 2.42. The maximum atomic E-state index is 5.53. The lowest BCUT2D eigenvalue weighted by atomic mass is 9.94. The van der Waals surface area contributed by atoms with E-state index >= 15 is 0 Å². The molecule has 1 rings (SSSR count). The molecule has 0 saturated carbocycles. The van der Waals surface area contributed by atoms with Crippen LogP contribution in [0.4, 0.5) is 0 Å². The number of hydrogen-bond donors (Lipinski definition) is 0. The molecule has 1 atom stereocenters. The molecule has 0 aromatic carbocycles. The van der Waals surface area contributed by atoms with Gasteiger partial charge in [-0.15, -0.1) is 0 Å². The van der Waals surface area contributed by atoms with Crippen molar-refractivity contribution < 1.29 is 4.74 Å². The van der Waals surface area contributed by atoms with Gasteiger partial charge in [0.2, 0.25) is 0 Å². The van der Waals surface area contributed by atoms with E-state index in [0.717, 1.165) is 0 Å². The lowest BCUT2D eigenvalue weighted by molar-refractivity contribution is 0.276. The minimum Gasteiger partial charge on any atom is -0.363 e. The Kier molecular flexibility index (Phi) is 1.35. The Bertz CT molecular complexity index is 118. The third-order valence-electron chi connectivity index (χ3n) is 2.44. The largest absolute Gasteiger partial charge is 0.363 e. The Morgan fingerprint density at radius 1 is 1.22 bits per heavy atom. The van der Waals surface area contributed by atoms with Gasteiger partial charge in [-0.05, 0) is 27.2 Å². The van der Waals surface area contributed by atoms with E-state index in [1.807, 2.05) is 0 Å². The predicted molar refractivity (Wildman–Crippen MR) is 38.5 cm³/mol. The summed E-state index contributed by atoms with van der Waals surface area (Å²) < 4.78 is 5.53. The highest BCUT2D eigenvalue weighted by Gasteiger charge is 2.58. The molecule has 1 aliphatic rings. The molecular weight excluding hydrogens is 112 g/mol. The van der Waals surface area contributed by atoms with Crippen molar-refractivity contribution in [3.05, 3.63) is 0 Å². The molecule has 1 heterocycles. The molecule has 54 valence electrons. The van der Waals surface area contributed by atoms with Gasteiger partial charge in [0.25, 0.3) is 0 Å². The Morgan fingerprint density at radius 2 is 1.67 bits per heavy atom. The van der Waals surface area contributed by atoms with Crippen LogP contribution in [0.2, 0.25) is 0 Å². The van der Waals surface area contributed by atoms with Crippen molar-refractivity contribution in [3.63, 3.8) is 0 Å². The van der Waals surface area contributed by atoms with Gasteiger partial charge in [-0.3, -0.25) is 0 Å². The summed E-state index contributed by atoms with van der Waals surface area (Å²) >= 11 is 0. The van der Waals surface area contributed by atoms with Crippen molar-refractivity contribution in [2.75, 3.05) is 0 Å². The SMILES string of the molecule is CCCC1(C)OC1(C)C. The van der Waals surface area contributed by atoms with E-state index in [-0.39, 0.29) is 11.2 Å². The fourth-order valence-electron chi connectivity index (χ4n) is 1.37. The van der Waals surface area contributed by atoms with Gasteiger partial charge in [0.05, 0.1) is 11.2 Å². The molecule has 0 spiro atoms. The summed E-state index contributed by atoms with van der Waals surface area (Å²) in [5.41, 5.74) is 0.352. The van der Waals surface area contributed by atoms with Crippen LogP contribution < -0.4 is 0 Å². The first kappa shape index (κ1) is 7.07. The maximum Gasteiger partial charge on any atom is 0.0946 e. The van der Waals surface area contributed by atoms with Gasteiger partial charge in [0.1, 0.15) is 0 Å². The number of rotatable bonds is 2. The molecule has 0 amide bonds. The van der Waals surface area contributed by atoms with Crippen molar-refractivity contribution >= 4 is 0 Å². The Labute approximate surface area is 57.4 Å². The quantitative estimate of drug-likeness (QED) is 0.520. The van der Waals surface area contributed by atoms with Crippen LogP contribution in [0.5, 0.6) is 0 Å². The van der Waals surface area contributed by atoms with E-state index in [1.165, 1.54) is 12.8 Å². The average molecular weight is 128 g/mol. The molecule has 9 heavy (non-hydrogen) atoms. The van der Waals surface area contributed by atoms with E-state index in [2.05, 4.69) is 27.7 Å². The van der Waals surface area contributed by atoms with E-state index in [9.17, 15) is 0 Å². The molecule has 1 aliphatic heterocycles. The fraction of sp³-hybridized carbons (Fsp3) is 1.00. The van der Waals surface area contributed by atoms with Crippen molar-refractivity contribution in [1.29, 1.82) is 0 Å². The zero-order chi connectivity index (χ0) is 7.12. The number of epoxide rings is 1. The second-order valence-corrected chi connectivity index (χ2v) is 3.59. The van der Waals surface area contributed by atoms with Crippen molar-refractivity contribution in [1.82, 2.24) is 0 Å². The highest BCUT2D eigenvalue weighted by Crippen LogP contribution is 2.49. The third kappa shape index (κ3) is 0.983. The maximum absolute atomic E-state index is 5.53. The third-order valence-corrected chi connectivity index (χ3v) is 2.44. The fourth-order valence-corrected chi connectivity index (χ4v) is 1.37. The van der Waals surface area contributed by atoms with Gasteiger partial charge < -0.3 is 4.74 Å². The number of ether oxygens (including phenoxy) is 1. The number of hydrogen-bond acceptors (Lipinski definition) is 1. The Morgan fingerprint density at radius 3 is 1.78 bits per heavy atom. The van der Waals surface area contributed by atoms with Crippen LogP contribution in [0.1, 0.15) is 40.5 Å². The molecule has 1 nitrogen and oxygen atoms in total. The predicted octanol–water partition coefficient (Wildman–Crippen LogP) is 2.35. The summed E-state index contributed by atoms with van der Waals surface area (Å²) in [6.45, 7) is 8.70. The van der Waals surface area contributed by atoms with Crippen molar-refractivity contribution in [2.45, 2.75) is 51.7 Å². The highest BCUT2D eigenvalue weighted by atomic mass is 16.6. The first-order chi connectivity index (χ1) is 4.02. The lowest BCUT2D eigenvalue weighted by Gasteiger charge is -2.04. The average Bonchev–Trinajstić information content (AvgIpc) is 2.07. The lowest BCUT2D eigenvalue weighted by Crippen LogP contribution is -2.15. The van der Waals surface area contributed by atoms with Crippen molar-refractivity contribution in [2.24, 2.45) is 0 Å². The van der Waals surface area contributed by atoms with Crippen LogP contribution in [0, 0.1) is 0 Å². The first-order valence-corrected chi connectivity index (χ1v) is 3.72. The molecule has 1 fully saturated rings. The summed E-state index contributed by atoms with van der Waals surface area (Å²) in [6.07, 6.45) is 2.42. The van der Waals surface area contributed by atoms with Crippen LogP contribution in [0.3, 0.4) is 0 Å². The van der Waals surface area contributed by atoms with Crippen molar-refractivity contribution in [3.8, 4) is 0 Å². The molecule has 0 bridgehead atoms. The molecule has 0 aromatic heterocycles. The van der Waals surface area contributed by atoms with Gasteiger partial charge in [-0.1, -0.05) is 13.3 Å². The van der Waals surface area contributed by atoms with Gasteiger partial charge in [-0.2, -0.15) is 0 Å². The van der Waals surface area contributed by atoms with Crippen LogP contribution in [0.25, 0.3) is 0 Å². The monoisotopic (exact) mass is 128 g/mol. The van der Waals surface area contributed by atoms with Gasteiger partial charge in [0.15, 0.2) is 0 Å². The molecule has 0 aliphatic carbocycles. The van der Waals surface area contributed by atoms with Crippen LogP contribution in [-0.4, -0.2) is 11.2 Å². The Hall–Kier alpha value is -0.0400. The summed E-state index contributed by atoms with van der Waals surface area (Å²) in [6, 6.07) is 0. The zero-order valence-corrected chi connectivity index (χ0v) is 6.82. The van der Waals surface area contributed by atoms with Crippen LogP contribution >= 0.6 is 0 Å². The van der Waals surface area contributed by atoms with Gasteiger partial charge in [0, 0.05) is 0 Å². The first-order valence-electron chi connectivity index (χ1n) is 3.72. The molecule has 0 radical (unpaired) electrons. The van der Waals surface area contributed by atoms with E-state index in [4.69, 9.17) is 4.74 Å². The molecule has 1 unspecified atom stereocenters. The highest BCUT2D eigenvalue weighted by molar-refractivity contribution is 5.06. The van der Waals surface area contributed by atoms with Crippen LogP contribution in [0.15, 0.2) is 0 Å². The van der Waals surface area contributed by atoms with E-state index < -0.39 is 0 Å². The second kappa shape index (κ2) is 1.72. The van der Waals surface area contributed by atoms with E-state index in [1.54, 1.807) is 0 Å². The summed E-state index contributed by atoms with van der Waals surface area (Å²) in [4.78, 5) is 0.